The van der Waals surface area contributed by atoms with Crippen molar-refractivity contribution in [2.75, 3.05) is 24.3 Å². The number of nitrogen functional groups attached to an aromatic ring is 1. The number of carbonyl (C=O) groups excluding carboxylic acids is 2. The molecule has 5 aromatic rings. The van der Waals surface area contributed by atoms with Crippen LogP contribution in [0.15, 0.2) is 60.7 Å². The summed E-state index contributed by atoms with van der Waals surface area (Å²) in [6.45, 7) is 8.29. The second-order valence-corrected chi connectivity index (χ2v) is 11.3. The molecule has 0 bridgehead atoms. The number of esters is 1. The van der Waals surface area contributed by atoms with Gasteiger partial charge in [0.2, 0.25) is 0 Å². The fraction of sp³-hybridized carbons (Fsp3) is 0.194. The fourth-order valence-electron chi connectivity index (χ4n) is 4.50. The zero-order chi connectivity index (χ0) is 28.4. The number of ether oxygens (including phenoxy) is 2. The Morgan fingerprint density at radius 2 is 1.68 bits per heavy atom. The Labute approximate surface area is 240 Å². The molecular weight excluding hydrogens is 542 g/mol. The Balaban J connectivity index is 1.60. The number of fused-ring (bicyclic) bond motifs is 1. The summed E-state index contributed by atoms with van der Waals surface area (Å²) in [6.07, 6.45) is 0. The normalized spacial score (nSPS) is 11.0. The molecule has 7 nitrogen and oxygen atoms in total. The molecule has 5 rings (SSSR count). The standard InChI is InChI=1S/C31H29N3O4S2/c1-5-37-21-14-12-20(13-15-21)23-16-22(19-10-8-7-9-11-19)25-26(32)27(40-30(25)33-23)28(35)34-29-24(31(36)38-6-2)17(3)18(4)39-29/h7-16H,5-6,32H2,1-4H3,(H,34,35). The molecule has 0 saturated carbocycles. The van der Waals surface area contributed by atoms with Crippen molar-refractivity contribution < 1.29 is 19.1 Å². The molecule has 0 aliphatic heterocycles. The van der Waals surface area contributed by atoms with Crippen LogP contribution in [0.3, 0.4) is 0 Å². The summed E-state index contributed by atoms with van der Waals surface area (Å²) in [5.74, 6) is -0.0675. The van der Waals surface area contributed by atoms with E-state index in [-0.39, 0.29) is 6.61 Å². The van der Waals surface area contributed by atoms with E-state index in [9.17, 15) is 9.59 Å². The molecule has 0 atom stereocenters. The number of pyridine rings is 1. The second-order valence-electron chi connectivity index (χ2n) is 9.07. The molecule has 40 heavy (non-hydrogen) atoms. The minimum atomic E-state index is -0.461. The van der Waals surface area contributed by atoms with E-state index in [0.29, 0.717) is 32.6 Å². The number of carbonyl (C=O) groups is 2. The van der Waals surface area contributed by atoms with Gasteiger partial charge in [-0.3, -0.25) is 4.79 Å². The highest BCUT2D eigenvalue weighted by Crippen LogP contribution is 2.42. The lowest BCUT2D eigenvalue weighted by atomic mass is 9.99. The van der Waals surface area contributed by atoms with Crippen LogP contribution in [0.1, 0.15) is 44.3 Å². The summed E-state index contributed by atoms with van der Waals surface area (Å²) < 4.78 is 10.8. The maximum atomic E-state index is 13.6. The van der Waals surface area contributed by atoms with E-state index < -0.39 is 11.9 Å². The first-order valence-corrected chi connectivity index (χ1v) is 14.6. The zero-order valence-electron chi connectivity index (χ0n) is 22.7. The molecule has 0 aliphatic rings. The molecule has 0 spiro atoms. The number of rotatable bonds is 8. The van der Waals surface area contributed by atoms with E-state index in [2.05, 4.69) is 5.32 Å². The SMILES string of the molecule is CCOC(=O)c1c(NC(=O)c2sc3nc(-c4ccc(OCC)cc4)cc(-c4ccccc4)c3c2N)sc(C)c1C. The Hall–Kier alpha value is -4.21. The van der Waals surface area contributed by atoms with E-state index >= 15 is 0 Å². The number of thiophene rings is 2. The number of amides is 1. The molecule has 3 aromatic heterocycles. The number of nitrogens with two attached hydrogens (primary N) is 1. The third-order valence-electron chi connectivity index (χ3n) is 6.54. The van der Waals surface area contributed by atoms with E-state index in [0.717, 1.165) is 44.0 Å². The van der Waals surface area contributed by atoms with Gasteiger partial charge in [0, 0.05) is 15.8 Å². The highest BCUT2D eigenvalue weighted by atomic mass is 32.1. The summed E-state index contributed by atoms with van der Waals surface area (Å²) >= 11 is 2.57. The first-order chi connectivity index (χ1) is 19.3. The quantitative estimate of drug-likeness (QED) is 0.185. The Bertz CT molecular complexity index is 1710. The molecule has 3 heterocycles. The van der Waals surface area contributed by atoms with E-state index in [1.54, 1.807) is 6.92 Å². The second kappa shape index (κ2) is 11.5. The maximum Gasteiger partial charge on any atom is 0.341 e. The van der Waals surface area contributed by atoms with Crippen molar-refractivity contribution in [2.24, 2.45) is 0 Å². The lowest BCUT2D eigenvalue weighted by Crippen LogP contribution is -2.15. The molecule has 0 fully saturated rings. The number of hydrogen-bond donors (Lipinski definition) is 2. The van der Waals surface area contributed by atoms with Crippen LogP contribution in [0.5, 0.6) is 5.75 Å². The van der Waals surface area contributed by atoms with Gasteiger partial charge < -0.3 is 20.5 Å². The molecule has 2 aromatic carbocycles. The van der Waals surface area contributed by atoms with Gasteiger partial charge in [0.1, 0.15) is 20.5 Å². The van der Waals surface area contributed by atoms with Gasteiger partial charge >= 0.3 is 5.97 Å². The van der Waals surface area contributed by atoms with Crippen LogP contribution in [0.25, 0.3) is 32.6 Å². The third-order valence-corrected chi connectivity index (χ3v) is 8.76. The topological polar surface area (TPSA) is 104 Å². The molecule has 0 aliphatic carbocycles. The van der Waals surface area contributed by atoms with Gasteiger partial charge in [0.05, 0.1) is 30.2 Å². The number of anilines is 2. The van der Waals surface area contributed by atoms with Gasteiger partial charge in [-0.25, -0.2) is 9.78 Å². The molecule has 1 amide bonds. The number of benzene rings is 2. The molecule has 0 saturated heterocycles. The van der Waals surface area contributed by atoms with E-state index in [1.165, 1.54) is 22.7 Å². The highest BCUT2D eigenvalue weighted by molar-refractivity contribution is 7.21. The summed E-state index contributed by atoms with van der Waals surface area (Å²) in [5.41, 5.74) is 11.7. The molecule has 0 unspecified atom stereocenters. The minimum Gasteiger partial charge on any atom is -0.494 e. The van der Waals surface area contributed by atoms with Crippen molar-refractivity contribution in [1.82, 2.24) is 4.98 Å². The number of nitrogens with zero attached hydrogens (tertiary/aromatic N) is 1. The van der Waals surface area contributed by atoms with Crippen LogP contribution >= 0.6 is 22.7 Å². The minimum absolute atomic E-state index is 0.244. The third kappa shape index (κ3) is 5.17. The Morgan fingerprint density at radius 1 is 0.950 bits per heavy atom. The Kier molecular flexibility index (Phi) is 7.86. The van der Waals surface area contributed by atoms with Gasteiger partial charge in [0.15, 0.2) is 0 Å². The molecule has 9 heteroatoms. The van der Waals surface area contributed by atoms with Crippen molar-refractivity contribution >= 4 is 55.5 Å². The molecule has 3 N–H and O–H groups in total. The summed E-state index contributed by atoms with van der Waals surface area (Å²) in [4.78, 5) is 33.1. The van der Waals surface area contributed by atoms with Crippen LogP contribution < -0.4 is 15.8 Å². The fourth-order valence-corrected chi connectivity index (χ4v) is 6.55. The molecule has 204 valence electrons. The number of hydrogen-bond acceptors (Lipinski definition) is 8. The van der Waals surface area contributed by atoms with Gasteiger partial charge in [-0.15, -0.1) is 22.7 Å². The van der Waals surface area contributed by atoms with Gasteiger partial charge in [0.25, 0.3) is 5.91 Å². The molecular formula is C31H29N3O4S2. The van der Waals surface area contributed by atoms with Crippen LogP contribution in [-0.2, 0) is 4.74 Å². The monoisotopic (exact) mass is 571 g/mol. The smallest absolute Gasteiger partial charge is 0.341 e. The number of aryl methyl sites for hydroxylation is 1. The lowest BCUT2D eigenvalue weighted by Gasteiger charge is -2.10. The molecule has 0 radical (unpaired) electrons. The summed E-state index contributed by atoms with van der Waals surface area (Å²) in [5, 5.41) is 4.09. The number of nitrogens with one attached hydrogen (secondary N) is 1. The van der Waals surface area contributed by atoms with Gasteiger partial charge in [-0.2, -0.15) is 0 Å². The summed E-state index contributed by atoms with van der Waals surface area (Å²) in [7, 11) is 0. The van der Waals surface area contributed by atoms with E-state index in [1.807, 2.05) is 81.4 Å². The van der Waals surface area contributed by atoms with Crippen molar-refractivity contribution in [1.29, 1.82) is 0 Å². The highest BCUT2D eigenvalue weighted by Gasteiger charge is 2.26. The lowest BCUT2D eigenvalue weighted by molar-refractivity contribution is 0.0527. The van der Waals surface area contributed by atoms with Gasteiger partial charge in [-0.1, -0.05) is 30.3 Å². The average Bonchev–Trinajstić information content (AvgIpc) is 3.44. The van der Waals surface area contributed by atoms with Crippen molar-refractivity contribution in [3.63, 3.8) is 0 Å². The van der Waals surface area contributed by atoms with Crippen molar-refractivity contribution in [3.8, 4) is 28.1 Å². The first-order valence-electron chi connectivity index (χ1n) is 12.9. The van der Waals surface area contributed by atoms with Crippen molar-refractivity contribution in [2.45, 2.75) is 27.7 Å². The zero-order valence-corrected chi connectivity index (χ0v) is 24.3. The summed E-state index contributed by atoms with van der Waals surface area (Å²) in [6, 6.07) is 19.7. The first kappa shape index (κ1) is 27.4. The van der Waals surface area contributed by atoms with Gasteiger partial charge in [-0.05, 0) is 74.7 Å². The number of aromatic nitrogens is 1. The van der Waals surface area contributed by atoms with Crippen molar-refractivity contribution in [3.05, 3.63) is 81.5 Å². The Morgan fingerprint density at radius 3 is 2.35 bits per heavy atom. The van der Waals surface area contributed by atoms with Crippen LogP contribution in [-0.4, -0.2) is 30.1 Å². The van der Waals surface area contributed by atoms with Crippen LogP contribution in [0.2, 0.25) is 0 Å². The predicted octanol–water partition coefficient (Wildman–Crippen LogP) is 7.72. The average molecular weight is 572 g/mol. The van der Waals surface area contributed by atoms with E-state index in [4.69, 9.17) is 20.2 Å². The maximum absolute atomic E-state index is 13.6. The predicted molar refractivity (Wildman–Crippen MR) is 164 cm³/mol. The van der Waals surface area contributed by atoms with Crippen LogP contribution in [0.4, 0.5) is 10.7 Å². The largest absolute Gasteiger partial charge is 0.494 e. The van der Waals surface area contributed by atoms with Crippen LogP contribution in [0, 0.1) is 13.8 Å².